The fourth-order valence-electron chi connectivity index (χ4n) is 3.35. The number of nitrogens with zero attached hydrogens (tertiary/aromatic N) is 1. The Morgan fingerprint density at radius 1 is 1.25 bits per heavy atom. The SMILES string of the molecule is O=C(/C=C\c1ccc(Cl)cc1)NC1CCN(C[C@@H]2CCOC2)CC1. The number of benzene rings is 1. The molecule has 2 aliphatic rings. The fraction of sp³-hybridized carbons (Fsp3) is 0.526. The molecule has 0 bridgehead atoms. The van der Waals surface area contributed by atoms with Crippen LogP contribution in [0.15, 0.2) is 30.3 Å². The number of rotatable bonds is 5. The number of hydrogen-bond donors (Lipinski definition) is 1. The van der Waals surface area contributed by atoms with E-state index in [9.17, 15) is 4.79 Å². The smallest absolute Gasteiger partial charge is 0.244 e. The van der Waals surface area contributed by atoms with Gasteiger partial charge in [0.05, 0.1) is 6.61 Å². The second-order valence-electron chi connectivity index (χ2n) is 6.70. The molecule has 0 saturated carbocycles. The molecule has 1 aromatic rings. The van der Waals surface area contributed by atoms with Crippen LogP contribution < -0.4 is 5.32 Å². The molecule has 5 heteroatoms. The molecule has 1 N–H and O–H groups in total. The number of carbonyl (C=O) groups is 1. The molecule has 2 fully saturated rings. The first kappa shape index (κ1) is 17.5. The van der Waals surface area contributed by atoms with Gasteiger partial charge in [-0.1, -0.05) is 23.7 Å². The van der Waals surface area contributed by atoms with Gasteiger partial charge >= 0.3 is 0 Å². The zero-order valence-corrected chi connectivity index (χ0v) is 14.7. The monoisotopic (exact) mass is 348 g/mol. The van der Waals surface area contributed by atoms with Crippen LogP contribution in [0.1, 0.15) is 24.8 Å². The van der Waals surface area contributed by atoms with Crippen molar-refractivity contribution in [3.63, 3.8) is 0 Å². The van der Waals surface area contributed by atoms with Gasteiger partial charge in [0.1, 0.15) is 0 Å². The minimum Gasteiger partial charge on any atom is -0.381 e. The van der Waals surface area contributed by atoms with Crippen LogP contribution in [-0.2, 0) is 9.53 Å². The topological polar surface area (TPSA) is 41.6 Å². The van der Waals surface area contributed by atoms with Crippen LogP contribution in [0.3, 0.4) is 0 Å². The average Bonchev–Trinajstić information content (AvgIpc) is 3.09. The highest BCUT2D eigenvalue weighted by Crippen LogP contribution is 2.17. The van der Waals surface area contributed by atoms with Gasteiger partial charge in [-0.2, -0.15) is 0 Å². The summed E-state index contributed by atoms with van der Waals surface area (Å²) >= 11 is 5.85. The second-order valence-corrected chi connectivity index (χ2v) is 7.13. The lowest BCUT2D eigenvalue weighted by Gasteiger charge is -2.33. The lowest BCUT2D eigenvalue weighted by atomic mass is 10.0. The molecule has 4 nitrogen and oxygen atoms in total. The lowest BCUT2D eigenvalue weighted by Crippen LogP contribution is -2.45. The molecule has 2 heterocycles. The van der Waals surface area contributed by atoms with Crippen LogP contribution in [0.25, 0.3) is 6.08 Å². The molecule has 0 unspecified atom stereocenters. The molecular weight excluding hydrogens is 324 g/mol. The van der Waals surface area contributed by atoms with E-state index in [1.165, 1.54) is 6.42 Å². The van der Waals surface area contributed by atoms with Crippen LogP contribution in [-0.4, -0.2) is 49.7 Å². The Morgan fingerprint density at radius 3 is 2.67 bits per heavy atom. The molecule has 0 spiro atoms. The van der Waals surface area contributed by atoms with Gasteiger partial charge in [0.15, 0.2) is 0 Å². The molecule has 0 aromatic heterocycles. The van der Waals surface area contributed by atoms with E-state index in [0.717, 1.165) is 51.3 Å². The Hall–Kier alpha value is -1.36. The molecule has 2 aliphatic heterocycles. The number of hydrogen-bond acceptors (Lipinski definition) is 3. The summed E-state index contributed by atoms with van der Waals surface area (Å²) in [5.41, 5.74) is 0.975. The van der Waals surface area contributed by atoms with Crippen LogP contribution in [0, 0.1) is 5.92 Å². The summed E-state index contributed by atoms with van der Waals surface area (Å²) in [6.45, 7) is 5.07. The van der Waals surface area contributed by atoms with Crippen molar-refractivity contribution in [1.29, 1.82) is 0 Å². The van der Waals surface area contributed by atoms with Crippen molar-refractivity contribution in [2.24, 2.45) is 5.92 Å². The van der Waals surface area contributed by atoms with Gasteiger partial charge in [-0.25, -0.2) is 0 Å². The quantitative estimate of drug-likeness (QED) is 0.832. The van der Waals surface area contributed by atoms with Crippen LogP contribution in [0.4, 0.5) is 0 Å². The van der Waals surface area contributed by atoms with Crippen molar-refractivity contribution in [3.05, 3.63) is 40.9 Å². The highest BCUT2D eigenvalue weighted by atomic mass is 35.5. The van der Waals surface area contributed by atoms with Crippen molar-refractivity contribution in [2.75, 3.05) is 32.8 Å². The number of amides is 1. The predicted octanol–water partition coefficient (Wildman–Crippen LogP) is 2.97. The maximum Gasteiger partial charge on any atom is 0.244 e. The highest BCUT2D eigenvalue weighted by molar-refractivity contribution is 6.30. The number of nitrogens with one attached hydrogen (secondary N) is 1. The molecule has 24 heavy (non-hydrogen) atoms. The fourth-order valence-corrected chi connectivity index (χ4v) is 3.47. The van der Waals surface area contributed by atoms with Gasteiger partial charge in [0.2, 0.25) is 5.91 Å². The molecular formula is C19H25ClN2O2. The third-order valence-electron chi connectivity index (χ3n) is 4.77. The minimum atomic E-state index is -0.0207. The molecule has 1 atom stereocenters. The number of carbonyl (C=O) groups excluding carboxylic acids is 1. The second kappa shape index (κ2) is 8.65. The molecule has 1 aromatic carbocycles. The Kier molecular flexibility index (Phi) is 6.30. The predicted molar refractivity (Wildman–Crippen MR) is 97.0 cm³/mol. The normalized spacial score (nSPS) is 23.0. The molecule has 0 radical (unpaired) electrons. The maximum absolute atomic E-state index is 12.1. The average molecular weight is 349 g/mol. The summed E-state index contributed by atoms with van der Waals surface area (Å²) in [4.78, 5) is 14.6. The third-order valence-corrected chi connectivity index (χ3v) is 5.02. The zero-order chi connectivity index (χ0) is 16.8. The Labute approximate surface area is 148 Å². The van der Waals surface area contributed by atoms with E-state index >= 15 is 0 Å². The number of ether oxygens (including phenoxy) is 1. The number of halogens is 1. The van der Waals surface area contributed by atoms with Crippen molar-refractivity contribution in [3.8, 4) is 0 Å². The first-order valence-corrected chi connectivity index (χ1v) is 9.11. The number of piperidine rings is 1. The van der Waals surface area contributed by atoms with Crippen LogP contribution in [0.2, 0.25) is 5.02 Å². The van der Waals surface area contributed by atoms with E-state index in [1.807, 2.05) is 30.3 Å². The zero-order valence-electron chi connectivity index (χ0n) is 13.9. The maximum atomic E-state index is 12.1. The first-order valence-electron chi connectivity index (χ1n) is 8.73. The van der Waals surface area contributed by atoms with Crippen molar-refractivity contribution < 1.29 is 9.53 Å². The molecule has 2 saturated heterocycles. The summed E-state index contributed by atoms with van der Waals surface area (Å²) in [6, 6.07) is 7.73. The van der Waals surface area contributed by atoms with E-state index in [0.29, 0.717) is 10.9 Å². The third kappa shape index (κ3) is 5.33. The van der Waals surface area contributed by atoms with Crippen molar-refractivity contribution in [1.82, 2.24) is 10.2 Å². The highest BCUT2D eigenvalue weighted by Gasteiger charge is 2.24. The standard InChI is InChI=1S/C19H25ClN2O2/c20-17-4-1-15(2-5-17)3-6-19(23)21-18-7-10-22(11-8-18)13-16-9-12-24-14-16/h1-6,16,18H,7-14H2,(H,21,23)/b6-3-/t16-/m0/s1. The van der Waals surface area contributed by atoms with E-state index in [1.54, 1.807) is 6.08 Å². The summed E-state index contributed by atoms with van der Waals surface area (Å²) in [5, 5.41) is 3.81. The Bertz CT molecular complexity index is 559. The largest absolute Gasteiger partial charge is 0.381 e. The molecule has 1 amide bonds. The van der Waals surface area contributed by atoms with Crippen molar-refractivity contribution in [2.45, 2.75) is 25.3 Å². The van der Waals surface area contributed by atoms with E-state index in [2.05, 4.69) is 10.2 Å². The van der Waals surface area contributed by atoms with Gasteiger partial charge in [0, 0.05) is 43.4 Å². The van der Waals surface area contributed by atoms with Crippen LogP contribution >= 0.6 is 11.6 Å². The number of likely N-dealkylation sites (tertiary alicyclic amines) is 1. The first-order chi connectivity index (χ1) is 11.7. The van der Waals surface area contributed by atoms with E-state index in [-0.39, 0.29) is 11.9 Å². The molecule has 0 aliphatic carbocycles. The van der Waals surface area contributed by atoms with Gasteiger partial charge in [-0.15, -0.1) is 0 Å². The summed E-state index contributed by atoms with van der Waals surface area (Å²) in [7, 11) is 0. The van der Waals surface area contributed by atoms with Gasteiger partial charge in [-0.05, 0) is 49.0 Å². The van der Waals surface area contributed by atoms with Crippen LogP contribution in [0.5, 0.6) is 0 Å². The Balaban J connectivity index is 1.38. The van der Waals surface area contributed by atoms with Gasteiger partial charge in [-0.3, -0.25) is 4.79 Å². The lowest BCUT2D eigenvalue weighted by molar-refractivity contribution is -0.117. The van der Waals surface area contributed by atoms with Crippen molar-refractivity contribution >= 4 is 23.6 Å². The minimum absolute atomic E-state index is 0.0207. The molecule has 130 valence electrons. The van der Waals surface area contributed by atoms with Gasteiger partial charge < -0.3 is 15.0 Å². The molecule has 3 rings (SSSR count). The summed E-state index contributed by atoms with van der Waals surface area (Å²) in [6.07, 6.45) is 6.65. The van der Waals surface area contributed by atoms with E-state index < -0.39 is 0 Å². The summed E-state index contributed by atoms with van der Waals surface area (Å²) in [5.74, 6) is 0.672. The summed E-state index contributed by atoms with van der Waals surface area (Å²) < 4.78 is 5.44. The Morgan fingerprint density at radius 2 is 2.00 bits per heavy atom. The van der Waals surface area contributed by atoms with Gasteiger partial charge in [0.25, 0.3) is 0 Å². The van der Waals surface area contributed by atoms with E-state index in [4.69, 9.17) is 16.3 Å².